The summed E-state index contributed by atoms with van der Waals surface area (Å²) >= 11 is 3.39. The highest BCUT2D eigenvalue weighted by Crippen LogP contribution is 2.12. The van der Waals surface area contributed by atoms with Crippen molar-refractivity contribution in [3.63, 3.8) is 0 Å². The highest BCUT2D eigenvalue weighted by atomic mass is 79.9. The zero-order valence-corrected chi connectivity index (χ0v) is 11.2. The van der Waals surface area contributed by atoms with Crippen LogP contribution in [0.1, 0.15) is 26.0 Å². The van der Waals surface area contributed by atoms with Gasteiger partial charge in [0, 0.05) is 22.4 Å². The minimum atomic E-state index is 0.579. The molecule has 1 unspecified atom stereocenters. The molecule has 1 aromatic rings. The van der Waals surface area contributed by atoms with Gasteiger partial charge >= 0.3 is 0 Å². The fourth-order valence-electron chi connectivity index (χ4n) is 1.67. The zero-order chi connectivity index (χ0) is 11.3. The number of hydrogen-bond donors (Lipinski definition) is 1. The summed E-state index contributed by atoms with van der Waals surface area (Å²) in [7, 11) is 2.03. The number of aryl methyl sites for hydroxylation is 1. The van der Waals surface area contributed by atoms with Crippen molar-refractivity contribution in [2.45, 2.75) is 32.7 Å². The molecule has 0 amide bonds. The van der Waals surface area contributed by atoms with Gasteiger partial charge in [-0.15, -0.1) is 0 Å². The predicted molar refractivity (Wildman–Crippen MR) is 67.9 cm³/mol. The Labute approximate surface area is 101 Å². The summed E-state index contributed by atoms with van der Waals surface area (Å²) in [6.45, 7) is 4.49. The largest absolute Gasteiger partial charge is 0.317 e. The Balaban J connectivity index is 2.45. The van der Waals surface area contributed by atoms with Crippen molar-refractivity contribution in [3.05, 3.63) is 28.5 Å². The third kappa shape index (κ3) is 4.31. The van der Waals surface area contributed by atoms with Crippen LogP contribution in [0.15, 0.2) is 22.8 Å². The molecule has 1 rings (SSSR count). The molecular formula is C12H19BrN2. The SMILES string of the molecule is CNC(CCc1ccc(Br)cn1)C(C)C. The van der Waals surface area contributed by atoms with Gasteiger partial charge in [0.05, 0.1) is 0 Å². The van der Waals surface area contributed by atoms with Crippen molar-refractivity contribution in [2.75, 3.05) is 7.05 Å². The van der Waals surface area contributed by atoms with Crippen LogP contribution >= 0.6 is 15.9 Å². The number of nitrogens with one attached hydrogen (secondary N) is 1. The van der Waals surface area contributed by atoms with Crippen LogP contribution in [0.4, 0.5) is 0 Å². The van der Waals surface area contributed by atoms with E-state index in [9.17, 15) is 0 Å². The molecule has 1 atom stereocenters. The van der Waals surface area contributed by atoms with E-state index in [1.807, 2.05) is 19.3 Å². The number of nitrogens with zero attached hydrogens (tertiary/aromatic N) is 1. The molecule has 0 radical (unpaired) electrons. The highest BCUT2D eigenvalue weighted by molar-refractivity contribution is 9.10. The molecule has 2 nitrogen and oxygen atoms in total. The van der Waals surface area contributed by atoms with Crippen molar-refractivity contribution in [2.24, 2.45) is 5.92 Å². The third-order valence-corrected chi connectivity index (χ3v) is 3.14. The van der Waals surface area contributed by atoms with Crippen molar-refractivity contribution in [1.82, 2.24) is 10.3 Å². The van der Waals surface area contributed by atoms with Gasteiger partial charge in [0.15, 0.2) is 0 Å². The maximum atomic E-state index is 4.37. The lowest BCUT2D eigenvalue weighted by atomic mass is 9.98. The van der Waals surface area contributed by atoms with Crippen LogP contribution in [0.2, 0.25) is 0 Å². The lowest BCUT2D eigenvalue weighted by molar-refractivity contribution is 0.401. The first-order valence-corrected chi connectivity index (χ1v) is 6.20. The predicted octanol–water partition coefficient (Wildman–Crippen LogP) is 3.02. The fourth-order valence-corrected chi connectivity index (χ4v) is 1.90. The molecule has 1 aromatic heterocycles. The smallest absolute Gasteiger partial charge is 0.0413 e. The second-order valence-corrected chi connectivity index (χ2v) is 5.06. The summed E-state index contributed by atoms with van der Waals surface area (Å²) in [4.78, 5) is 4.37. The Morgan fingerprint density at radius 2 is 2.13 bits per heavy atom. The van der Waals surface area contributed by atoms with E-state index in [1.165, 1.54) is 5.69 Å². The lowest BCUT2D eigenvalue weighted by Crippen LogP contribution is -2.31. The second-order valence-electron chi connectivity index (χ2n) is 4.15. The van der Waals surface area contributed by atoms with Crippen molar-refractivity contribution < 1.29 is 0 Å². The summed E-state index contributed by atoms with van der Waals surface area (Å²) in [5.74, 6) is 0.672. The van der Waals surface area contributed by atoms with Gasteiger partial charge in [0.2, 0.25) is 0 Å². The Hall–Kier alpha value is -0.410. The van der Waals surface area contributed by atoms with Gasteiger partial charge in [-0.25, -0.2) is 0 Å². The number of pyridine rings is 1. The van der Waals surface area contributed by atoms with Gasteiger partial charge < -0.3 is 5.32 Å². The van der Waals surface area contributed by atoms with E-state index in [1.54, 1.807) is 0 Å². The standard InChI is InChI=1S/C12H19BrN2/c1-9(2)12(14-3)7-6-11-5-4-10(13)8-15-11/h4-5,8-9,12,14H,6-7H2,1-3H3. The van der Waals surface area contributed by atoms with Crippen LogP contribution in [0.3, 0.4) is 0 Å². The quantitative estimate of drug-likeness (QED) is 0.890. The maximum absolute atomic E-state index is 4.37. The van der Waals surface area contributed by atoms with E-state index in [2.05, 4.69) is 46.1 Å². The number of halogens is 1. The molecule has 15 heavy (non-hydrogen) atoms. The zero-order valence-electron chi connectivity index (χ0n) is 9.63. The highest BCUT2D eigenvalue weighted by Gasteiger charge is 2.10. The van der Waals surface area contributed by atoms with Crippen LogP contribution in [0.25, 0.3) is 0 Å². The monoisotopic (exact) mass is 270 g/mol. The average molecular weight is 271 g/mol. The van der Waals surface area contributed by atoms with Gasteiger partial charge in [-0.1, -0.05) is 13.8 Å². The van der Waals surface area contributed by atoms with E-state index in [0.29, 0.717) is 12.0 Å². The summed E-state index contributed by atoms with van der Waals surface area (Å²) in [6, 6.07) is 4.71. The number of hydrogen-bond acceptors (Lipinski definition) is 2. The van der Waals surface area contributed by atoms with Crippen LogP contribution < -0.4 is 5.32 Å². The molecular weight excluding hydrogens is 252 g/mol. The minimum Gasteiger partial charge on any atom is -0.317 e. The molecule has 0 saturated carbocycles. The van der Waals surface area contributed by atoms with E-state index >= 15 is 0 Å². The van der Waals surface area contributed by atoms with Crippen LogP contribution in [-0.2, 0) is 6.42 Å². The first kappa shape index (κ1) is 12.7. The minimum absolute atomic E-state index is 0.579. The van der Waals surface area contributed by atoms with E-state index in [0.717, 1.165) is 17.3 Å². The molecule has 84 valence electrons. The molecule has 0 aliphatic heterocycles. The average Bonchev–Trinajstić information content (AvgIpc) is 2.21. The molecule has 0 aliphatic rings. The Bertz CT molecular complexity index is 282. The van der Waals surface area contributed by atoms with Gasteiger partial charge in [0.1, 0.15) is 0 Å². The van der Waals surface area contributed by atoms with E-state index in [-0.39, 0.29) is 0 Å². The van der Waals surface area contributed by atoms with Crippen molar-refractivity contribution >= 4 is 15.9 Å². The summed E-state index contributed by atoms with van der Waals surface area (Å²) in [6.07, 6.45) is 4.04. The van der Waals surface area contributed by atoms with Gasteiger partial charge in [-0.2, -0.15) is 0 Å². The van der Waals surface area contributed by atoms with E-state index in [4.69, 9.17) is 0 Å². The summed E-state index contributed by atoms with van der Waals surface area (Å²) in [5, 5.41) is 3.35. The number of rotatable bonds is 5. The van der Waals surface area contributed by atoms with Crippen molar-refractivity contribution in [3.8, 4) is 0 Å². The summed E-state index contributed by atoms with van der Waals surface area (Å²) in [5.41, 5.74) is 1.17. The molecule has 0 saturated heterocycles. The first-order chi connectivity index (χ1) is 7.13. The van der Waals surface area contributed by atoms with Crippen molar-refractivity contribution in [1.29, 1.82) is 0 Å². The maximum Gasteiger partial charge on any atom is 0.0413 e. The lowest BCUT2D eigenvalue weighted by Gasteiger charge is -2.19. The van der Waals surface area contributed by atoms with Crippen LogP contribution in [-0.4, -0.2) is 18.1 Å². The third-order valence-electron chi connectivity index (χ3n) is 2.68. The molecule has 0 spiro atoms. The molecule has 0 bridgehead atoms. The molecule has 0 aliphatic carbocycles. The normalized spacial score (nSPS) is 13.1. The topological polar surface area (TPSA) is 24.9 Å². The molecule has 0 aromatic carbocycles. The molecule has 1 heterocycles. The van der Waals surface area contributed by atoms with Crippen LogP contribution in [0, 0.1) is 5.92 Å². The Kier molecular flexibility index (Phi) is 5.26. The van der Waals surface area contributed by atoms with Crippen LogP contribution in [0.5, 0.6) is 0 Å². The fraction of sp³-hybridized carbons (Fsp3) is 0.583. The second kappa shape index (κ2) is 6.23. The number of aromatic nitrogens is 1. The van der Waals surface area contributed by atoms with E-state index < -0.39 is 0 Å². The first-order valence-electron chi connectivity index (χ1n) is 5.41. The summed E-state index contributed by atoms with van der Waals surface area (Å²) < 4.78 is 1.04. The Morgan fingerprint density at radius 3 is 2.60 bits per heavy atom. The van der Waals surface area contributed by atoms with Gasteiger partial charge in [-0.05, 0) is 53.9 Å². The Morgan fingerprint density at radius 1 is 1.40 bits per heavy atom. The van der Waals surface area contributed by atoms with Gasteiger partial charge in [0.25, 0.3) is 0 Å². The van der Waals surface area contributed by atoms with Gasteiger partial charge in [-0.3, -0.25) is 4.98 Å². The molecule has 1 N–H and O–H groups in total. The molecule has 3 heteroatoms. The molecule has 0 fully saturated rings.